The van der Waals surface area contributed by atoms with Crippen LogP contribution in [0.2, 0.25) is 0 Å². The highest BCUT2D eigenvalue weighted by atomic mass is 79.9. The van der Waals surface area contributed by atoms with Gasteiger partial charge in [-0.3, -0.25) is 13.9 Å². The lowest BCUT2D eigenvalue weighted by Gasteiger charge is -2.27. The molecule has 2 heterocycles. The van der Waals surface area contributed by atoms with Crippen LogP contribution in [0, 0.1) is 5.92 Å². The van der Waals surface area contributed by atoms with Crippen LogP contribution in [0.25, 0.3) is 10.9 Å². The highest BCUT2D eigenvalue weighted by Gasteiger charge is 2.55. The third kappa shape index (κ3) is 5.77. The molecule has 1 aromatic heterocycles. The number of benzene rings is 1. The summed E-state index contributed by atoms with van der Waals surface area (Å²) in [7, 11) is -3.98. The third-order valence-corrected chi connectivity index (χ3v) is 9.36. The summed E-state index contributed by atoms with van der Waals surface area (Å²) in [5.41, 5.74) is 0.376. The lowest BCUT2D eigenvalue weighted by atomic mass is 10.1. The SMILES string of the molecule is CCOC(=O)C(OC[C@H]1C[C@@H](n2cnc3cccc(Br)c3c2=O)[C@@H]2OC(C)(C)O[C@H]12)P(=O)(OCC)OCC. The number of rotatable bonds is 11. The fraction of sp³-hybridized carbons (Fsp3) is 0.640. The van der Waals surface area contributed by atoms with Crippen LogP contribution in [0.3, 0.4) is 0 Å². The standard InChI is InChI=1S/C25H34BrN2O9P/c1-6-32-23(30)24(38(31,34-7-2)35-8-3)33-13-15-12-18(21-20(15)36-25(4,5)37-21)28-14-27-17-11-9-10-16(26)19(17)22(28)29/h9-11,14-15,18,20-21,24H,6-8,12-13H2,1-5H3/t15-,18-,20-,21+,24?/m1/s1. The van der Waals surface area contributed by atoms with Gasteiger partial charge in [0.25, 0.3) is 11.4 Å². The molecule has 2 aliphatic rings. The Morgan fingerprint density at radius 3 is 2.53 bits per heavy atom. The Balaban J connectivity index is 1.64. The minimum Gasteiger partial charge on any atom is -0.464 e. The summed E-state index contributed by atoms with van der Waals surface area (Å²) in [6.45, 7) is 8.73. The van der Waals surface area contributed by atoms with Crippen molar-refractivity contribution in [1.29, 1.82) is 0 Å². The van der Waals surface area contributed by atoms with E-state index >= 15 is 0 Å². The Labute approximate surface area is 229 Å². The number of halogens is 1. The minimum absolute atomic E-state index is 0.0236. The average molecular weight is 617 g/mol. The van der Waals surface area contributed by atoms with Gasteiger partial charge in [0.05, 0.1) is 55.8 Å². The number of aromatic nitrogens is 2. The third-order valence-electron chi connectivity index (χ3n) is 6.53. The van der Waals surface area contributed by atoms with E-state index in [1.54, 1.807) is 51.3 Å². The Hall–Kier alpha value is -1.66. The molecule has 0 N–H and O–H groups in total. The van der Waals surface area contributed by atoms with E-state index in [0.717, 1.165) is 0 Å². The molecule has 4 rings (SSSR count). The molecule has 1 aromatic carbocycles. The normalized spacial score (nSPS) is 25.4. The number of nitrogens with zero attached hydrogens (tertiary/aromatic N) is 2. The van der Waals surface area contributed by atoms with Gasteiger partial charge >= 0.3 is 13.6 Å². The summed E-state index contributed by atoms with van der Waals surface area (Å²) in [5, 5.41) is 0.473. The summed E-state index contributed by atoms with van der Waals surface area (Å²) in [6, 6.07) is 5.00. The molecule has 1 aliphatic carbocycles. The van der Waals surface area contributed by atoms with Gasteiger partial charge in [-0.1, -0.05) is 6.07 Å². The summed E-state index contributed by atoms with van der Waals surface area (Å²) in [5.74, 6) is -3.58. The molecule has 1 saturated carbocycles. The van der Waals surface area contributed by atoms with Crippen molar-refractivity contribution < 1.29 is 37.4 Å². The van der Waals surface area contributed by atoms with Crippen molar-refractivity contribution in [3.63, 3.8) is 0 Å². The van der Waals surface area contributed by atoms with E-state index in [0.29, 0.717) is 21.8 Å². The molecule has 38 heavy (non-hydrogen) atoms. The number of carbonyl (C=O) groups excluding carboxylic acids is 1. The van der Waals surface area contributed by atoms with E-state index in [9.17, 15) is 14.2 Å². The van der Waals surface area contributed by atoms with Crippen LogP contribution in [0.5, 0.6) is 0 Å². The van der Waals surface area contributed by atoms with Gasteiger partial charge in [-0.05, 0) is 69.1 Å². The maximum Gasteiger partial charge on any atom is 0.370 e. The van der Waals surface area contributed by atoms with Crippen LogP contribution in [0.1, 0.15) is 47.1 Å². The highest BCUT2D eigenvalue weighted by Crippen LogP contribution is 2.55. The molecule has 210 valence electrons. The zero-order valence-corrected chi connectivity index (χ0v) is 24.6. The average Bonchev–Trinajstić information content (AvgIpc) is 3.33. The van der Waals surface area contributed by atoms with Crippen molar-refractivity contribution >= 4 is 40.4 Å². The highest BCUT2D eigenvalue weighted by molar-refractivity contribution is 9.10. The molecular formula is C25H34BrN2O9P. The maximum absolute atomic E-state index is 13.5. The fourth-order valence-corrected chi connectivity index (χ4v) is 7.31. The van der Waals surface area contributed by atoms with Gasteiger partial charge in [0, 0.05) is 10.4 Å². The smallest absolute Gasteiger partial charge is 0.370 e. The number of hydrogen-bond acceptors (Lipinski definition) is 10. The van der Waals surface area contributed by atoms with Crippen LogP contribution in [-0.2, 0) is 37.4 Å². The molecule has 1 unspecified atom stereocenters. The second-order valence-electron chi connectivity index (χ2n) is 9.53. The van der Waals surface area contributed by atoms with Gasteiger partial charge in [-0.15, -0.1) is 0 Å². The zero-order chi connectivity index (χ0) is 27.7. The molecule has 0 radical (unpaired) electrons. The van der Waals surface area contributed by atoms with Gasteiger partial charge in [-0.2, -0.15) is 0 Å². The van der Waals surface area contributed by atoms with E-state index in [1.165, 1.54) is 6.33 Å². The molecule has 11 nitrogen and oxygen atoms in total. The van der Waals surface area contributed by atoms with Crippen molar-refractivity contribution in [2.45, 2.75) is 70.9 Å². The number of hydrogen-bond donors (Lipinski definition) is 0. The molecule has 2 fully saturated rings. The number of fused-ring (bicyclic) bond motifs is 2. The van der Waals surface area contributed by atoms with Gasteiger partial charge in [0.1, 0.15) is 6.10 Å². The van der Waals surface area contributed by atoms with E-state index in [2.05, 4.69) is 20.9 Å². The van der Waals surface area contributed by atoms with Crippen LogP contribution in [-0.4, -0.2) is 65.8 Å². The predicted octanol–water partition coefficient (Wildman–Crippen LogP) is 4.41. The first kappa shape index (κ1) is 29.3. The van der Waals surface area contributed by atoms with Gasteiger partial charge < -0.3 is 28.0 Å². The monoisotopic (exact) mass is 616 g/mol. The first-order chi connectivity index (χ1) is 18.0. The van der Waals surface area contributed by atoms with Crippen LogP contribution in [0.15, 0.2) is 33.8 Å². The van der Waals surface area contributed by atoms with E-state index in [4.69, 9.17) is 28.0 Å². The Kier molecular flexibility index (Phi) is 9.13. The number of ether oxygens (including phenoxy) is 4. The Bertz CT molecular complexity index is 1260. The summed E-state index contributed by atoms with van der Waals surface area (Å²) >= 11 is 3.46. The summed E-state index contributed by atoms with van der Waals surface area (Å²) < 4.78 is 50.0. The second-order valence-corrected chi connectivity index (χ2v) is 12.5. The van der Waals surface area contributed by atoms with Crippen LogP contribution in [0.4, 0.5) is 0 Å². The van der Waals surface area contributed by atoms with Gasteiger partial charge in [0.15, 0.2) is 5.79 Å². The zero-order valence-electron chi connectivity index (χ0n) is 22.1. The van der Waals surface area contributed by atoms with E-state index in [-0.39, 0.29) is 37.9 Å². The molecular weight excluding hydrogens is 583 g/mol. The maximum atomic E-state index is 13.5. The molecule has 0 spiro atoms. The quantitative estimate of drug-likeness (QED) is 0.265. The van der Waals surface area contributed by atoms with Crippen molar-refractivity contribution in [1.82, 2.24) is 9.55 Å². The second kappa shape index (κ2) is 11.8. The van der Waals surface area contributed by atoms with E-state index in [1.807, 2.05) is 6.07 Å². The minimum atomic E-state index is -3.98. The molecule has 5 atom stereocenters. The van der Waals surface area contributed by atoms with Gasteiger partial charge in [-0.25, -0.2) is 9.78 Å². The van der Waals surface area contributed by atoms with Gasteiger partial charge in [0.2, 0.25) is 0 Å². The largest absolute Gasteiger partial charge is 0.464 e. The first-order valence-corrected chi connectivity index (χ1v) is 15.1. The van der Waals surface area contributed by atoms with Crippen LogP contribution < -0.4 is 5.56 Å². The molecule has 13 heteroatoms. The Morgan fingerprint density at radius 2 is 1.87 bits per heavy atom. The van der Waals surface area contributed by atoms with Crippen molar-refractivity contribution in [2.75, 3.05) is 26.4 Å². The summed E-state index contributed by atoms with van der Waals surface area (Å²) in [4.78, 5) is 30.8. The number of carbonyl (C=O) groups is 1. The molecule has 0 amide bonds. The topological polar surface area (TPSA) is 124 Å². The molecule has 1 aliphatic heterocycles. The predicted molar refractivity (Wildman–Crippen MR) is 142 cm³/mol. The molecule has 0 bridgehead atoms. The van der Waals surface area contributed by atoms with Crippen molar-refractivity contribution in [2.24, 2.45) is 5.92 Å². The fourth-order valence-electron chi connectivity index (χ4n) is 5.12. The van der Waals surface area contributed by atoms with Crippen molar-refractivity contribution in [3.8, 4) is 0 Å². The molecule has 2 aromatic rings. The number of esters is 1. The lowest BCUT2D eigenvalue weighted by molar-refractivity contribution is -0.166. The lowest BCUT2D eigenvalue weighted by Crippen LogP contribution is -2.34. The Morgan fingerprint density at radius 1 is 1.18 bits per heavy atom. The first-order valence-electron chi connectivity index (χ1n) is 12.7. The molecule has 1 saturated heterocycles. The summed E-state index contributed by atoms with van der Waals surface area (Å²) in [6.07, 6.45) is 1.05. The van der Waals surface area contributed by atoms with E-state index < -0.39 is 43.4 Å². The van der Waals surface area contributed by atoms with Crippen LogP contribution >= 0.6 is 23.5 Å². The van der Waals surface area contributed by atoms with Crippen molar-refractivity contribution in [3.05, 3.63) is 39.4 Å².